The molecule has 0 aliphatic heterocycles. The van der Waals surface area contributed by atoms with Crippen molar-refractivity contribution >= 4 is 6.29 Å². The molecule has 0 N–H and O–H groups in total. The molecule has 1 aliphatic rings. The van der Waals surface area contributed by atoms with E-state index < -0.39 is 0 Å². The summed E-state index contributed by atoms with van der Waals surface area (Å²) in [7, 11) is 0. The van der Waals surface area contributed by atoms with Gasteiger partial charge in [0, 0.05) is 12.0 Å². The van der Waals surface area contributed by atoms with Crippen LogP contribution in [0.2, 0.25) is 0 Å². The first-order chi connectivity index (χ1) is 8.26. The van der Waals surface area contributed by atoms with Crippen LogP contribution in [0, 0.1) is 5.41 Å². The number of aldehydes is 1. The Morgan fingerprint density at radius 3 is 2.00 bits per heavy atom. The fraction of sp³-hybridized carbons (Fsp3) is 0.933. The lowest BCUT2D eigenvalue weighted by atomic mass is 9.87. The Hall–Kier alpha value is -0.370. The average Bonchev–Trinajstić information content (AvgIpc) is 2.82. The first kappa shape index (κ1) is 14.7. The van der Waals surface area contributed by atoms with Crippen LogP contribution < -0.4 is 0 Å². The molecule has 0 heterocycles. The molecule has 17 heavy (non-hydrogen) atoms. The van der Waals surface area contributed by atoms with Gasteiger partial charge >= 0.3 is 0 Å². The molecule has 1 saturated carbocycles. The molecule has 0 aromatic carbocycles. The van der Waals surface area contributed by atoms with Crippen LogP contribution in [0.25, 0.3) is 0 Å². The van der Waals surface area contributed by atoms with Crippen LogP contribution >= 0.6 is 0 Å². The largest absolute Gasteiger partial charge is 0.303 e. The van der Waals surface area contributed by atoms with E-state index in [0.717, 1.165) is 19.4 Å². The fourth-order valence-corrected chi connectivity index (χ4v) is 2.87. The molecule has 0 unspecified atom stereocenters. The van der Waals surface area contributed by atoms with Crippen molar-refractivity contribution in [2.45, 2.75) is 65.2 Å². The quantitative estimate of drug-likeness (QED) is 0.572. The molecule has 0 amide bonds. The van der Waals surface area contributed by atoms with E-state index in [2.05, 4.69) is 18.7 Å². The molecule has 1 rings (SSSR count). The van der Waals surface area contributed by atoms with Crippen molar-refractivity contribution in [2.75, 3.05) is 19.6 Å². The van der Waals surface area contributed by atoms with Gasteiger partial charge in [-0.15, -0.1) is 0 Å². The number of unbranched alkanes of at least 4 members (excludes halogenated alkanes) is 2. The maximum absolute atomic E-state index is 11.4. The Labute approximate surface area is 107 Å². The Bertz CT molecular complexity index is 201. The minimum Gasteiger partial charge on any atom is -0.303 e. The van der Waals surface area contributed by atoms with Crippen molar-refractivity contribution < 1.29 is 4.79 Å². The predicted molar refractivity (Wildman–Crippen MR) is 73.2 cm³/mol. The van der Waals surface area contributed by atoms with Gasteiger partial charge in [-0.1, -0.05) is 39.5 Å². The van der Waals surface area contributed by atoms with Gasteiger partial charge in [0.2, 0.25) is 0 Å². The molecule has 0 aromatic rings. The highest BCUT2D eigenvalue weighted by Crippen LogP contribution is 2.36. The van der Waals surface area contributed by atoms with Gasteiger partial charge in [0.25, 0.3) is 0 Å². The highest BCUT2D eigenvalue weighted by molar-refractivity contribution is 5.60. The summed E-state index contributed by atoms with van der Waals surface area (Å²) in [5.41, 5.74) is 0.00147. The zero-order valence-electron chi connectivity index (χ0n) is 11.7. The maximum Gasteiger partial charge on any atom is 0.127 e. The Morgan fingerprint density at radius 2 is 1.59 bits per heavy atom. The number of carbonyl (C=O) groups is 1. The molecule has 0 saturated heterocycles. The number of carbonyl (C=O) groups excluding carboxylic acids is 1. The molecular formula is C15H29NO. The van der Waals surface area contributed by atoms with E-state index in [9.17, 15) is 4.79 Å². The first-order valence-corrected chi connectivity index (χ1v) is 7.45. The minimum absolute atomic E-state index is 0.00147. The SMILES string of the molecule is CCCCN(CCCC)CC1(C=O)CCCC1. The number of hydrogen-bond acceptors (Lipinski definition) is 2. The summed E-state index contributed by atoms with van der Waals surface area (Å²) in [5.74, 6) is 0. The van der Waals surface area contributed by atoms with E-state index in [1.165, 1.54) is 57.9 Å². The van der Waals surface area contributed by atoms with E-state index in [-0.39, 0.29) is 5.41 Å². The second-order valence-corrected chi connectivity index (χ2v) is 5.67. The summed E-state index contributed by atoms with van der Waals surface area (Å²) in [6.45, 7) is 7.83. The average molecular weight is 239 g/mol. The summed E-state index contributed by atoms with van der Waals surface area (Å²) in [4.78, 5) is 13.9. The molecule has 0 spiro atoms. The molecule has 0 atom stereocenters. The van der Waals surface area contributed by atoms with E-state index >= 15 is 0 Å². The number of hydrogen-bond donors (Lipinski definition) is 0. The molecule has 100 valence electrons. The van der Waals surface area contributed by atoms with Crippen LogP contribution in [0.5, 0.6) is 0 Å². The van der Waals surface area contributed by atoms with Crippen molar-refractivity contribution in [3.05, 3.63) is 0 Å². The number of nitrogens with zero attached hydrogens (tertiary/aromatic N) is 1. The Kier molecular flexibility index (Phi) is 6.79. The number of rotatable bonds is 9. The second-order valence-electron chi connectivity index (χ2n) is 5.67. The van der Waals surface area contributed by atoms with Crippen LogP contribution in [0.4, 0.5) is 0 Å². The van der Waals surface area contributed by atoms with Gasteiger partial charge in [-0.3, -0.25) is 0 Å². The van der Waals surface area contributed by atoms with Gasteiger partial charge in [0.15, 0.2) is 0 Å². The van der Waals surface area contributed by atoms with Crippen molar-refractivity contribution in [2.24, 2.45) is 5.41 Å². The normalized spacial score (nSPS) is 18.8. The zero-order valence-corrected chi connectivity index (χ0v) is 11.7. The predicted octanol–water partition coefficient (Wildman–Crippen LogP) is 3.65. The van der Waals surface area contributed by atoms with Crippen LogP contribution in [0.3, 0.4) is 0 Å². The van der Waals surface area contributed by atoms with Crippen molar-refractivity contribution in [1.29, 1.82) is 0 Å². The molecule has 0 radical (unpaired) electrons. The summed E-state index contributed by atoms with van der Waals surface area (Å²) in [6, 6.07) is 0. The van der Waals surface area contributed by atoms with Gasteiger partial charge in [0.05, 0.1) is 0 Å². The van der Waals surface area contributed by atoms with E-state index in [1.54, 1.807) is 0 Å². The minimum atomic E-state index is 0.00147. The topological polar surface area (TPSA) is 20.3 Å². The van der Waals surface area contributed by atoms with Crippen LogP contribution in [0.1, 0.15) is 65.2 Å². The monoisotopic (exact) mass is 239 g/mol. The lowest BCUT2D eigenvalue weighted by Gasteiger charge is -2.31. The van der Waals surface area contributed by atoms with Gasteiger partial charge in [-0.2, -0.15) is 0 Å². The summed E-state index contributed by atoms with van der Waals surface area (Å²) >= 11 is 0. The molecule has 1 fully saturated rings. The van der Waals surface area contributed by atoms with Gasteiger partial charge < -0.3 is 9.69 Å². The van der Waals surface area contributed by atoms with E-state index in [0.29, 0.717) is 0 Å². The lowest BCUT2D eigenvalue weighted by Crippen LogP contribution is -2.38. The van der Waals surface area contributed by atoms with Crippen molar-refractivity contribution in [3.8, 4) is 0 Å². The third-order valence-electron chi connectivity index (χ3n) is 4.04. The van der Waals surface area contributed by atoms with E-state index in [4.69, 9.17) is 0 Å². The lowest BCUT2D eigenvalue weighted by molar-refractivity contribution is -0.117. The van der Waals surface area contributed by atoms with Gasteiger partial charge in [-0.05, 0) is 38.8 Å². The third-order valence-corrected chi connectivity index (χ3v) is 4.04. The smallest absolute Gasteiger partial charge is 0.127 e. The molecule has 2 heteroatoms. The Morgan fingerprint density at radius 1 is 1.06 bits per heavy atom. The van der Waals surface area contributed by atoms with Crippen LogP contribution in [-0.4, -0.2) is 30.8 Å². The standard InChI is InChI=1S/C15H29NO/c1-3-5-11-16(12-6-4-2)13-15(14-17)9-7-8-10-15/h14H,3-13H2,1-2H3. The van der Waals surface area contributed by atoms with Gasteiger partial charge in [0.1, 0.15) is 6.29 Å². The fourth-order valence-electron chi connectivity index (χ4n) is 2.87. The summed E-state index contributed by atoms with van der Waals surface area (Å²) < 4.78 is 0. The highest BCUT2D eigenvalue weighted by Gasteiger charge is 2.34. The highest BCUT2D eigenvalue weighted by atomic mass is 16.1. The third kappa shape index (κ3) is 4.79. The summed E-state index contributed by atoms with van der Waals surface area (Å²) in [6.07, 6.45) is 11.0. The second kappa shape index (κ2) is 7.86. The molecule has 0 aromatic heterocycles. The first-order valence-electron chi connectivity index (χ1n) is 7.45. The van der Waals surface area contributed by atoms with Crippen LogP contribution in [-0.2, 0) is 4.79 Å². The molecular weight excluding hydrogens is 210 g/mol. The molecule has 0 bridgehead atoms. The molecule has 2 nitrogen and oxygen atoms in total. The Balaban J connectivity index is 2.47. The van der Waals surface area contributed by atoms with Crippen molar-refractivity contribution in [3.63, 3.8) is 0 Å². The van der Waals surface area contributed by atoms with Crippen LogP contribution in [0.15, 0.2) is 0 Å². The van der Waals surface area contributed by atoms with Gasteiger partial charge in [-0.25, -0.2) is 0 Å². The maximum atomic E-state index is 11.4. The zero-order chi connectivity index (χ0) is 12.6. The molecule has 1 aliphatic carbocycles. The van der Waals surface area contributed by atoms with E-state index in [1.807, 2.05) is 0 Å². The van der Waals surface area contributed by atoms with Crippen molar-refractivity contribution in [1.82, 2.24) is 4.90 Å². The summed E-state index contributed by atoms with van der Waals surface area (Å²) in [5, 5.41) is 0.